The van der Waals surface area contributed by atoms with Gasteiger partial charge in [0.1, 0.15) is 0 Å². The van der Waals surface area contributed by atoms with Gasteiger partial charge in [-0.2, -0.15) is 5.26 Å². The van der Waals surface area contributed by atoms with Crippen LogP contribution in [0.5, 0.6) is 0 Å². The van der Waals surface area contributed by atoms with E-state index in [1.807, 2.05) is 18.2 Å². The van der Waals surface area contributed by atoms with Crippen LogP contribution in [0, 0.1) is 17.2 Å². The van der Waals surface area contributed by atoms with E-state index in [1.165, 1.54) is 24.8 Å². The summed E-state index contributed by atoms with van der Waals surface area (Å²) in [5.74, 6) is 0.457. The average Bonchev–Trinajstić information content (AvgIpc) is 2.69. The van der Waals surface area contributed by atoms with E-state index in [1.54, 1.807) is 0 Å². The highest BCUT2D eigenvalue weighted by molar-refractivity contribution is 5.40. The Morgan fingerprint density at radius 1 is 1.35 bits per heavy atom. The van der Waals surface area contributed by atoms with E-state index in [2.05, 4.69) is 24.0 Å². The molecule has 1 heterocycles. The van der Waals surface area contributed by atoms with Gasteiger partial charge < -0.3 is 5.73 Å². The first-order valence-electron chi connectivity index (χ1n) is 7.75. The Hall–Kier alpha value is -1.37. The van der Waals surface area contributed by atoms with E-state index < -0.39 is 0 Å². The first-order valence-corrected chi connectivity index (χ1v) is 7.75. The van der Waals surface area contributed by atoms with Gasteiger partial charge in [-0.3, -0.25) is 4.90 Å². The predicted molar refractivity (Wildman–Crippen MR) is 82.2 cm³/mol. The summed E-state index contributed by atoms with van der Waals surface area (Å²) in [7, 11) is 0. The van der Waals surface area contributed by atoms with Crippen molar-refractivity contribution in [1.82, 2.24) is 4.90 Å². The first kappa shape index (κ1) is 15.0. The molecule has 3 heteroatoms. The van der Waals surface area contributed by atoms with Crippen molar-refractivity contribution in [3.63, 3.8) is 0 Å². The third-order valence-electron chi connectivity index (χ3n) is 4.32. The average molecular weight is 271 g/mol. The zero-order valence-electron chi connectivity index (χ0n) is 12.4. The maximum Gasteiger partial charge on any atom is 0.0995 e. The zero-order valence-corrected chi connectivity index (χ0v) is 12.4. The maximum atomic E-state index is 9.39. The molecular formula is C17H25N3. The van der Waals surface area contributed by atoms with Crippen molar-refractivity contribution in [2.45, 2.75) is 38.6 Å². The molecule has 1 aromatic carbocycles. The standard InChI is InChI=1S/C17H25N3/c1-2-10-20-11-6-5-8-15(13-19)17(20)16-9-4-3-7-14(16)12-18/h3-4,7,9,15,17H,2,5-6,8,10-11,13,19H2,1H3. The van der Waals surface area contributed by atoms with Crippen LogP contribution in [0.2, 0.25) is 0 Å². The molecule has 2 N–H and O–H groups in total. The minimum Gasteiger partial charge on any atom is -0.330 e. The van der Waals surface area contributed by atoms with E-state index in [-0.39, 0.29) is 0 Å². The Kier molecular flexibility index (Phi) is 5.58. The molecule has 2 atom stereocenters. The minimum absolute atomic E-state index is 0.304. The lowest BCUT2D eigenvalue weighted by Crippen LogP contribution is -2.36. The summed E-state index contributed by atoms with van der Waals surface area (Å²) in [4.78, 5) is 2.54. The van der Waals surface area contributed by atoms with Crippen molar-refractivity contribution in [3.8, 4) is 6.07 Å². The summed E-state index contributed by atoms with van der Waals surface area (Å²) in [5, 5.41) is 9.39. The molecule has 0 amide bonds. The van der Waals surface area contributed by atoms with Crippen molar-refractivity contribution < 1.29 is 0 Å². The molecule has 2 rings (SSSR count). The van der Waals surface area contributed by atoms with Gasteiger partial charge in [0.25, 0.3) is 0 Å². The molecule has 1 aromatic rings. The number of benzene rings is 1. The number of nitrogens with two attached hydrogens (primary N) is 1. The Balaban J connectivity index is 2.41. The summed E-state index contributed by atoms with van der Waals surface area (Å²) < 4.78 is 0. The molecule has 0 spiro atoms. The van der Waals surface area contributed by atoms with E-state index in [9.17, 15) is 5.26 Å². The number of nitrogens with zero attached hydrogens (tertiary/aromatic N) is 2. The van der Waals surface area contributed by atoms with Gasteiger partial charge in [-0.15, -0.1) is 0 Å². The van der Waals surface area contributed by atoms with Crippen molar-refractivity contribution in [1.29, 1.82) is 5.26 Å². The second-order valence-electron chi connectivity index (χ2n) is 5.67. The highest BCUT2D eigenvalue weighted by Gasteiger charge is 2.31. The van der Waals surface area contributed by atoms with Gasteiger partial charge in [0.15, 0.2) is 0 Å². The van der Waals surface area contributed by atoms with Crippen LogP contribution in [0.3, 0.4) is 0 Å². The summed E-state index contributed by atoms with van der Waals surface area (Å²) in [5.41, 5.74) is 8.01. The lowest BCUT2D eigenvalue weighted by atomic mass is 9.87. The monoisotopic (exact) mass is 271 g/mol. The number of hydrogen-bond acceptors (Lipinski definition) is 3. The maximum absolute atomic E-state index is 9.39. The fraction of sp³-hybridized carbons (Fsp3) is 0.588. The second-order valence-corrected chi connectivity index (χ2v) is 5.67. The molecule has 0 aliphatic carbocycles. The van der Waals surface area contributed by atoms with Crippen molar-refractivity contribution in [2.75, 3.05) is 19.6 Å². The van der Waals surface area contributed by atoms with Crippen molar-refractivity contribution >= 4 is 0 Å². The Labute approximate surface area is 122 Å². The molecule has 0 aromatic heterocycles. The summed E-state index contributed by atoms with van der Waals surface area (Å²) in [6, 6.07) is 10.7. The summed E-state index contributed by atoms with van der Waals surface area (Å²) in [6.45, 7) is 5.12. The van der Waals surface area contributed by atoms with Crippen LogP contribution in [0.15, 0.2) is 24.3 Å². The first-order chi connectivity index (χ1) is 9.81. The third kappa shape index (κ3) is 3.20. The largest absolute Gasteiger partial charge is 0.330 e. The normalized spacial score (nSPS) is 24.1. The van der Waals surface area contributed by atoms with Gasteiger partial charge in [-0.1, -0.05) is 31.5 Å². The summed E-state index contributed by atoms with van der Waals surface area (Å²) in [6.07, 6.45) is 4.79. The van der Waals surface area contributed by atoms with E-state index in [4.69, 9.17) is 5.73 Å². The topological polar surface area (TPSA) is 53.0 Å². The van der Waals surface area contributed by atoms with Gasteiger partial charge in [-0.05, 0) is 56.4 Å². The summed E-state index contributed by atoms with van der Waals surface area (Å²) >= 11 is 0. The van der Waals surface area contributed by atoms with Gasteiger partial charge >= 0.3 is 0 Å². The zero-order chi connectivity index (χ0) is 14.4. The molecule has 108 valence electrons. The van der Waals surface area contributed by atoms with E-state index >= 15 is 0 Å². The Morgan fingerprint density at radius 3 is 2.85 bits per heavy atom. The molecule has 1 aliphatic rings. The molecule has 0 bridgehead atoms. The van der Waals surface area contributed by atoms with Gasteiger partial charge in [0.05, 0.1) is 11.6 Å². The van der Waals surface area contributed by atoms with Gasteiger partial charge in [0.2, 0.25) is 0 Å². The Morgan fingerprint density at radius 2 is 2.15 bits per heavy atom. The molecule has 20 heavy (non-hydrogen) atoms. The smallest absolute Gasteiger partial charge is 0.0995 e. The van der Waals surface area contributed by atoms with Crippen LogP contribution >= 0.6 is 0 Å². The molecule has 1 fully saturated rings. The molecule has 0 saturated carbocycles. The fourth-order valence-corrected chi connectivity index (χ4v) is 3.41. The lowest BCUT2D eigenvalue weighted by molar-refractivity contribution is 0.158. The molecule has 1 saturated heterocycles. The SMILES string of the molecule is CCCN1CCCCC(CN)C1c1ccccc1C#N. The number of likely N-dealkylation sites (tertiary alicyclic amines) is 1. The van der Waals surface area contributed by atoms with Crippen molar-refractivity contribution in [2.24, 2.45) is 11.7 Å². The van der Waals surface area contributed by atoms with Crippen LogP contribution in [0.4, 0.5) is 0 Å². The highest BCUT2D eigenvalue weighted by Crippen LogP contribution is 2.36. The molecular weight excluding hydrogens is 246 g/mol. The fourth-order valence-electron chi connectivity index (χ4n) is 3.41. The molecule has 0 radical (unpaired) electrons. The predicted octanol–water partition coefficient (Wildman–Crippen LogP) is 3.07. The van der Waals surface area contributed by atoms with E-state index in [0.29, 0.717) is 18.5 Å². The van der Waals surface area contributed by atoms with Crippen LogP contribution in [-0.4, -0.2) is 24.5 Å². The van der Waals surface area contributed by atoms with Crippen LogP contribution < -0.4 is 5.73 Å². The van der Waals surface area contributed by atoms with E-state index in [0.717, 1.165) is 25.1 Å². The van der Waals surface area contributed by atoms with Crippen LogP contribution in [0.1, 0.15) is 49.8 Å². The van der Waals surface area contributed by atoms with Gasteiger partial charge in [-0.25, -0.2) is 0 Å². The minimum atomic E-state index is 0.304. The number of hydrogen-bond donors (Lipinski definition) is 1. The Bertz CT molecular complexity index is 464. The second kappa shape index (κ2) is 7.42. The van der Waals surface area contributed by atoms with Crippen LogP contribution in [0.25, 0.3) is 0 Å². The number of nitriles is 1. The van der Waals surface area contributed by atoms with Crippen molar-refractivity contribution in [3.05, 3.63) is 35.4 Å². The van der Waals surface area contributed by atoms with Gasteiger partial charge in [0, 0.05) is 6.04 Å². The molecule has 2 unspecified atom stereocenters. The molecule has 1 aliphatic heterocycles. The molecule has 3 nitrogen and oxygen atoms in total. The number of rotatable bonds is 4. The quantitative estimate of drug-likeness (QED) is 0.915. The van der Waals surface area contributed by atoms with Crippen LogP contribution in [-0.2, 0) is 0 Å². The third-order valence-corrected chi connectivity index (χ3v) is 4.32. The lowest BCUT2D eigenvalue weighted by Gasteiger charge is -2.35. The highest BCUT2D eigenvalue weighted by atomic mass is 15.2.